The van der Waals surface area contributed by atoms with E-state index >= 15 is 0 Å². The molecule has 0 saturated heterocycles. The minimum atomic E-state index is -0.341. The van der Waals surface area contributed by atoms with Gasteiger partial charge in [0, 0.05) is 18.5 Å². The Kier molecular flexibility index (Phi) is 4.62. The fourth-order valence-electron chi connectivity index (χ4n) is 2.73. The minimum Gasteiger partial charge on any atom is -0.303 e. The van der Waals surface area contributed by atoms with Gasteiger partial charge in [0.1, 0.15) is 12.1 Å². The minimum absolute atomic E-state index is 0.130. The molecule has 2 rings (SSSR count). The number of hydrogen-bond donors (Lipinski definition) is 0. The highest BCUT2D eigenvalue weighted by molar-refractivity contribution is 5.89. The van der Waals surface area contributed by atoms with E-state index in [1.807, 2.05) is 18.2 Å². The number of aromatic nitrogens is 1. The monoisotopic (exact) mass is 245 g/mol. The van der Waals surface area contributed by atoms with Crippen LogP contribution in [0.25, 0.3) is 0 Å². The zero-order chi connectivity index (χ0) is 12.8. The van der Waals surface area contributed by atoms with Crippen LogP contribution in [0.5, 0.6) is 0 Å². The largest absolute Gasteiger partial charge is 0.303 e. The zero-order valence-corrected chi connectivity index (χ0v) is 10.5. The van der Waals surface area contributed by atoms with Crippen molar-refractivity contribution in [2.75, 3.05) is 0 Å². The maximum atomic E-state index is 12.5. The second kappa shape index (κ2) is 6.43. The van der Waals surface area contributed by atoms with Crippen molar-refractivity contribution < 1.29 is 9.59 Å². The van der Waals surface area contributed by atoms with E-state index in [-0.39, 0.29) is 24.0 Å². The average molecular weight is 245 g/mol. The van der Waals surface area contributed by atoms with Crippen LogP contribution < -0.4 is 0 Å². The van der Waals surface area contributed by atoms with Crippen molar-refractivity contribution in [2.24, 2.45) is 5.92 Å². The first-order valence-electron chi connectivity index (χ1n) is 6.71. The van der Waals surface area contributed by atoms with Crippen LogP contribution in [0.3, 0.4) is 0 Å². The highest BCUT2D eigenvalue weighted by atomic mass is 16.1. The van der Waals surface area contributed by atoms with Gasteiger partial charge in [-0.05, 0) is 25.0 Å². The predicted octanol–water partition coefficient (Wildman–Crippen LogP) is 2.90. The molecule has 0 bridgehead atoms. The summed E-state index contributed by atoms with van der Waals surface area (Å²) in [5, 5.41) is 0. The summed E-state index contributed by atoms with van der Waals surface area (Å²) in [6.07, 6.45) is 8.21. The highest BCUT2D eigenvalue weighted by Gasteiger charge is 2.29. The zero-order valence-electron chi connectivity index (χ0n) is 10.5. The molecule has 1 fully saturated rings. The topological polar surface area (TPSA) is 47.0 Å². The summed E-state index contributed by atoms with van der Waals surface area (Å²) in [6, 6.07) is 5.54. The number of aldehydes is 1. The summed E-state index contributed by atoms with van der Waals surface area (Å²) in [5.74, 6) is -0.00185. The third-order valence-electron chi connectivity index (χ3n) is 3.73. The first-order chi connectivity index (χ1) is 8.83. The number of carbonyl (C=O) groups is 2. The van der Waals surface area contributed by atoms with Gasteiger partial charge >= 0.3 is 0 Å². The van der Waals surface area contributed by atoms with Crippen LogP contribution in [0, 0.1) is 5.92 Å². The number of carbonyl (C=O) groups excluding carboxylic acids is 2. The van der Waals surface area contributed by atoms with Gasteiger partial charge in [-0.2, -0.15) is 0 Å². The van der Waals surface area contributed by atoms with Crippen molar-refractivity contribution in [1.29, 1.82) is 0 Å². The summed E-state index contributed by atoms with van der Waals surface area (Å²) in [7, 11) is 0. The molecule has 3 nitrogen and oxygen atoms in total. The lowest BCUT2D eigenvalue weighted by molar-refractivity contribution is -0.126. The van der Waals surface area contributed by atoms with E-state index < -0.39 is 0 Å². The summed E-state index contributed by atoms with van der Waals surface area (Å²) in [6.45, 7) is 0. The van der Waals surface area contributed by atoms with E-state index in [2.05, 4.69) is 4.98 Å². The van der Waals surface area contributed by atoms with Crippen molar-refractivity contribution in [2.45, 2.75) is 44.4 Å². The molecule has 1 atom stereocenters. The molecular formula is C15H19NO2. The number of nitrogens with zero attached hydrogens (tertiary/aromatic N) is 1. The molecule has 18 heavy (non-hydrogen) atoms. The fraction of sp³-hybridized carbons (Fsp3) is 0.533. The molecule has 1 saturated carbocycles. The molecule has 0 N–H and O–H groups in total. The van der Waals surface area contributed by atoms with Gasteiger partial charge < -0.3 is 4.79 Å². The SMILES string of the molecule is O=CCC(C(=O)C1CCCCC1)c1ccccn1. The quantitative estimate of drug-likeness (QED) is 0.749. The predicted molar refractivity (Wildman–Crippen MR) is 69.2 cm³/mol. The molecule has 0 radical (unpaired) electrons. The van der Waals surface area contributed by atoms with Gasteiger partial charge in [-0.15, -0.1) is 0 Å². The van der Waals surface area contributed by atoms with E-state index in [1.54, 1.807) is 6.20 Å². The molecule has 1 aromatic rings. The molecule has 1 aromatic heterocycles. The second-order valence-corrected chi connectivity index (χ2v) is 4.95. The Morgan fingerprint density at radius 1 is 1.33 bits per heavy atom. The molecule has 3 heteroatoms. The first kappa shape index (κ1) is 12.9. The Morgan fingerprint density at radius 3 is 2.72 bits per heavy atom. The fourth-order valence-corrected chi connectivity index (χ4v) is 2.73. The lowest BCUT2D eigenvalue weighted by Crippen LogP contribution is -2.25. The van der Waals surface area contributed by atoms with Crippen LogP contribution in [0.1, 0.15) is 50.1 Å². The highest BCUT2D eigenvalue weighted by Crippen LogP contribution is 2.30. The molecule has 1 aliphatic rings. The summed E-state index contributed by atoms with van der Waals surface area (Å²) < 4.78 is 0. The first-order valence-corrected chi connectivity index (χ1v) is 6.71. The Balaban J connectivity index is 2.14. The molecule has 0 aliphatic heterocycles. The van der Waals surface area contributed by atoms with Crippen molar-refractivity contribution in [3.8, 4) is 0 Å². The Morgan fingerprint density at radius 2 is 2.11 bits per heavy atom. The van der Waals surface area contributed by atoms with Crippen molar-refractivity contribution in [3.05, 3.63) is 30.1 Å². The number of rotatable bonds is 5. The van der Waals surface area contributed by atoms with Crippen molar-refractivity contribution >= 4 is 12.1 Å². The standard InChI is InChI=1S/C15H19NO2/c17-11-9-13(14-8-4-5-10-16-14)15(18)12-6-2-1-3-7-12/h4-5,8,10-13H,1-3,6-7,9H2. The van der Waals surface area contributed by atoms with Crippen LogP contribution in [0.2, 0.25) is 0 Å². The van der Waals surface area contributed by atoms with Crippen LogP contribution in [-0.2, 0) is 9.59 Å². The average Bonchev–Trinajstić information content (AvgIpc) is 2.46. The second-order valence-electron chi connectivity index (χ2n) is 4.95. The Bertz CT molecular complexity index is 396. The van der Waals surface area contributed by atoms with Gasteiger partial charge in [-0.25, -0.2) is 0 Å². The van der Waals surface area contributed by atoms with Crippen molar-refractivity contribution in [1.82, 2.24) is 4.98 Å². The molecule has 0 amide bonds. The van der Waals surface area contributed by atoms with Crippen LogP contribution >= 0.6 is 0 Å². The summed E-state index contributed by atoms with van der Waals surface area (Å²) in [5.41, 5.74) is 0.736. The third kappa shape index (κ3) is 3.03. The molecule has 1 heterocycles. The van der Waals surface area contributed by atoms with Crippen LogP contribution in [0.15, 0.2) is 24.4 Å². The van der Waals surface area contributed by atoms with E-state index in [0.29, 0.717) is 0 Å². The Labute approximate surface area is 108 Å². The molecule has 1 aliphatic carbocycles. The van der Waals surface area contributed by atoms with Gasteiger partial charge in [0.25, 0.3) is 0 Å². The number of hydrogen-bond acceptors (Lipinski definition) is 3. The maximum Gasteiger partial charge on any atom is 0.145 e. The maximum absolute atomic E-state index is 12.5. The Hall–Kier alpha value is -1.51. The number of Topliss-reactive ketones (excluding diaryl/α,β-unsaturated/α-hetero) is 1. The smallest absolute Gasteiger partial charge is 0.145 e. The number of ketones is 1. The van der Waals surface area contributed by atoms with Crippen LogP contribution in [0.4, 0.5) is 0 Å². The molecule has 1 unspecified atom stereocenters. The van der Waals surface area contributed by atoms with Gasteiger partial charge in [-0.1, -0.05) is 25.3 Å². The molecule has 0 aromatic carbocycles. The van der Waals surface area contributed by atoms with Gasteiger partial charge in [0.15, 0.2) is 0 Å². The molecule has 96 valence electrons. The lowest BCUT2D eigenvalue weighted by atomic mass is 9.79. The van der Waals surface area contributed by atoms with Gasteiger partial charge in [0.05, 0.1) is 11.6 Å². The van der Waals surface area contributed by atoms with E-state index in [1.165, 1.54) is 6.42 Å². The lowest BCUT2D eigenvalue weighted by Gasteiger charge is -2.24. The van der Waals surface area contributed by atoms with Gasteiger partial charge in [-0.3, -0.25) is 9.78 Å². The van der Waals surface area contributed by atoms with E-state index in [9.17, 15) is 9.59 Å². The molecule has 0 spiro atoms. The molecular weight excluding hydrogens is 226 g/mol. The van der Waals surface area contributed by atoms with E-state index in [0.717, 1.165) is 37.7 Å². The van der Waals surface area contributed by atoms with Crippen LogP contribution in [-0.4, -0.2) is 17.1 Å². The normalized spacial score (nSPS) is 18.2. The van der Waals surface area contributed by atoms with Gasteiger partial charge in [0.2, 0.25) is 0 Å². The number of pyridine rings is 1. The van der Waals surface area contributed by atoms with Crippen molar-refractivity contribution in [3.63, 3.8) is 0 Å². The summed E-state index contributed by atoms with van der Waals surface area (Å²) in [4.78, 5) is 27.5. The summed E-state index contributed by atoms with van der Waals surface area (Å²) >= 11 is 0. The third-order valence-corrected chi connectivity index (χ3v) is 3.73. The van der Waals surface area contributed by atoms with E-state index in [4.69, 9.17) is 0 Å².